The number of nitrogens with two attached hydrogens (primary N) is 1. The number of hydrogen-bond acceptors (Lipinski definition) is 11. The maximum atomic E-state index is 14.0. The zero-order valence-electron chi connectivity index (χ0n) is 23.3. The summed E-state index contributed by atoms with van der Waals surface area (Å²) in [7, 11) is 6.60. The van der Waals surface area contributed by atoms with Gasteiger partial charge in [-0.15, -0.1) is 0 Å². The topological polar surface area (TPSA) is 206 Å². The Morgan fingerprint density at radius 2 is 1.78 bits per heavy atom. The third-order valence-corrected chi connectivity index (χ3v) is 8.58. The molecule has 220 valence electrons. The van der Waals surface area contributed by atoms with Crippen molar-refractivity contribution >= 4 is 40.5 Å². The number of carbonyl (C=O) groups is 4. The number of phenols is 1. The Balaban J connectivity index is 1.65. The first-order valence-corrected chi connectivity index (χ1v) is 13.4. The smallest absolute Gasteiger partial charge is 0.255 e. The molecule has 4 aliphatic rings. The van der Waals surface area contributed by atoms with Gasteiger partial charge >= 0.3 is 0 Å². The molecule has 2 unspecified atom stereocenters. The van der Waals surface area contributed by atoms with Crippen LogP contribution >= 0.6 is 0 Å². The van der Waals surface area contributed by atoms with Crippen LogP contribution < -0.4 is 21.3 Å². The monoisotopic (exact) mass is 569 g/mol. The van der Waals surface area contributed by atoms with Crippen molar-refractivity contribution in [3.05, 3.63) is 34.1 Å². The first kappa shape index (κ1) is 28.6. The molecule has 13 heteroatoms. The molecule has 1 aromatic carbocycles. The Morgan fingerprint density at radius 1 is 1.12 bits per heavy atom. The summed E-state index contributed by atoms with van der Waals surface area (Å²) in [6.07, 6.45) is 2.11. The number of hydrogen-bond donors (Lipinski definition) is 7. The molecule has 0 aromatic heterocycles. The van der Waals surface area contributed by atoms with Crippen LogP contribution in [-0.4, -0.2) is 101 Å². The summed E-state index contributed by atoms with van der Waals surface area (Å²) in [4.78, 5) is 55.2. The molecular weight excluding hydrogens is 534 g/mol. The second-order valence-electron chi connectivity index (χ2n) is 11.7. The zero-order chi connectivity index (χ0) is 30.1. The summed E-state index contributed by atoms with van der Waals surface area (Å²) in [6, 6.07) is 0.717. The number of primary amides is 1. The molecule has 41 heavy (non-hydrogen) atoms. The van der Waals surface area contributed by atoms with E-state index in [0.717, 1.165) is 12.8 Å². The van der Waals surface area contributed by atoms with Crippen molar-refractivity contribution < 1.29 is 39.6 Å². The molecule has 1 aromatic rings. The Labute approximate surface area is 236 Å². The molecule has 8 N–H and O–H groups in total. The summed E-state index contributed by atoms with van der Waals surface area (Å²) in [5.41, 5.74) is 2.55. The molecule has 0 aliphatic heterocycles. The minimum absolute atomic E-state index is 0.00921. The first-order valence-electron chi connectivity index (χ1n) is 13.4. The van der Waals surface area contributed by atoms with Gasteiger partial charge in [0, 0.05) is 37.3 Å². The molecule has 4 aliphatic carbocycles. The molecule has 0 spiro atoms. The fourth-order valence-electron chi connectivity index (χ4n) is 6.51. The molecule has 0 saturated heterocycles. The zero-order valence-corrected chi connectivity index (χ0v) is 23.3. The van der Waals surface area contributed by atoms with Gasteiger partial charge in [0.2, 0.25) is 11.7 Å². The van der Waals surface area contributed by atoms with Gasteiger partial charge in [0.15, 0.2) is 11.4 Å². The van der Waals surface area contributed by atoms with Crippen LogP contribution in [-0.2, 0) is 25.6 Å². The average molecular weight is 570 g/mol. The number of ketones is 2. The molecule has 0 bridgehead atoms. The lowest BCUT2D eigenvalue weighted by atomic mass is 9.57. The van der Waals surface area contributed by atoms with Gasteiger partial charge in [0.1, 0.15) is 22.8 Å². The van der Waals surface area contributed by atoms with Crippen molar-refractivity contribution in [3.8, 4) is 5.75 Å². The van der Waals surface area contributed by atoms with Gasteiger partial charge in [0.25, 0.3) is 5.91 Å². The van der Waals surface area contributed by atoms with Gasteiger partial charge < -0.3 is 41.7 Å². The van der Waals surface area contributed by atoms with Crippen LogP contribution in [0.4, 0.5) is 11.4 Å². The largest absolute Gasteiger partial charge is 0.508 e. The number of anilines is 2. The number of aliphatic hydroxyl groups excluding tert-OH is 2. The minimum Gasteiger partial charge on any atom is -0.508 e. The quantitative estimate of drug-likeness (QED) is 0.168. The summed E-state index contributed by atoms with van der Waals surface area (Å²) in [6.45, 7) is 0.0279. The van der Waals surface area contributed by atoms with Crippen LogP contribution in [0.5, 0.6) is 5.75 Å². The van der Waals surface area contributed by atoms with Crippen LogP contribution in [0.15, 0.2) is 23.0 Å². The SMILES string of the molecule is CN(C)c1cc(NC(=O)CNC2CC2)c(O)c2c1CC1CC3[C@H](N(C)C)C(=O)C(C(N)=O)=C(O)[C@@]3(O)C(=O)C1=C2O. The fourth-order valence-corrected chi connectivity index (χ4v) is 6.51. The van der Waals surface area contributed by atoms with Crippen LogP contribution in [0.1, 0.15) is 30.4 Å². The van der Waals surface area contributed by atoms with Crippen molar-refractivity contribution in [1.29, 1.82) is 0 Å². The van der Waals surface area contributed by atoms with E-state index in [2.05, 4.69) is 10.6 Å². The number of Topliss-reactive ketones (excluding diaryl/α,β-unsaturated/α-hetero) is 2. The van der Waals surface area contributed by atoms with Gasteiger partial charge in [-0.05, 0) is 57.3 Å². The first-order chi connectivity index (χ1) is 19.2. The number of nitrogens with zero attached hydrogens (tertiary/aromatic N) is 2. The summed E-state index contributed by atoms with van der Waals surface area (Å²) in [5.74, 6) is -7.67. The van der Waals surface area contributed by atoms with Gasteiger partial charge in [-0.25, -0.2) is 0 Å². The van der Waals surface area contributed by atoms with Crippen molar-refractivity contribution in [2.24, 2.45) is 17.6 Å². The van der Waals surface area contributed by atoms with Crippen molar-refractivity contribution in [1.82, 2.24) is 10.2 Å². The number of phenolic OH excluding ortho intramolecular Hbond substituents is 1. The third kappa shape index (κ3) is 4.35. The Kier molecular flexibility index (Phi) is 6.87. The third-order valence-electron chi connectivity index (χ3n) is 8.58. The number of aliphatic hydroxyl groups is 3. The van der Waals surface area contributed by atoms with Gasteiger partial charge in [-0.2, -0.15) is 0 Å². The molecular formula is C28H35N5O8. The second-order valence-corrected chi connectivity index (χ2v) is 11.7. The molecule has 2 fully saturated rings. The van der Waals surface area contributed by atoms with Gasteiger partial charge in [0.05, 0.1) is 23.8 Å². The van der Waals surface area contributed by atoms with Crippen molar-refractivity contribution in [2.75, 3.05) is 45.0 Å². The number of amides is 2. The van der Waals surface area contributed by atoms with E-state index in [1.54, 1.807) is 39.2 Å². The number of fused-ring (bicyclic) bond motifs is 3. The lowest BCUT2D eigenvalue weighted by Crippen LogP contribution is -2.65. The molecule has 0 radical (unpaired) electrons. The van der Waals surface area contributed by atoms with E-state index in [9.17, 15) is 39.6 Å². The normalized spacial score (nSPS) is 27.4. The lowest BCUT2D eigenvalue weighted by molar-refractivity contribution is -0.153. The summed E-state index contributed by atoms with van der Waals surface area (Å²) in [5, 5.41) is 51.2. The second kappa shape index (κ2) is 9.86. The predicted octanol–water partition coefficient (Wildman–Crippen LogP) is -0.279. The molecule has 0 heterocycles. The van der Waals surface area contributed by atoms with E-state index in [1.165, 1.54) is 4.90 Å². The summed E-state index contributed by atoms with van der Waals surface area (Å²) >= 11 is 0. The highest BCUT2D eigenvalue weighted by molar-refractivity contribution is 6.24. The lowest BCUT2D eigenvalue weighted by Gasteiger charge is -2.50. The van der Waals surface area contributed by atoms with Crippen LogP contribution in [0, 0.1) is 11.8 Å². The summed E-state index contributed by atoms with van der Waals surface area (Å²) < 4.78 is 0. The number of benzene rings is 1. The van der Waals surface area contributed by atoms with Crippen LogP contribution in [0.25, 0.3) is 5.76 Å². The van der Waals surface area contributed by atoms with Crippen molar-refractivity contribution in [3.63, 3.8) is 0 Å². The van der Waals surface area contributed by atoms with Crippen LogP contribution in [0.3, 0.4) is 0 Å². The van der Waals surface area contributed by atoms with Gasteiger partial charge in [-0.3, -0.25) is 24.1 Å². The number of carbonyl (C=O) groups excluding carboxylic acids is 4. The molecule has 2 saturated carbocycles. The van der Waals surface area contributed by atoms with Gasteiger partial charge in [-0.1, -0.05) is 0 Å². The molecule has 5 rings (SSSR count). The number of nitrogens with one attached hydrogen (secondary N) is 2. The Morgan fingerprint density at radius 3 is 2.34 bits per heavy atom. The Hall–Kier alpha value is -3.94. The Bertz CT molecular complexity index is 1440. The van der Waals surface area contributed by atoms with E-state index in [-0.39, 0.29) is 42.3 Å². The maximum Gasteiger partial charge on any atom is 0.255 e. The predicted molar refractivity (Wildman–Crippen MR) is 148 cm³/mol. The van der Waals surface area contributed by atoms with E-state index >= 15 is 0 Å². The standard InChI is InChI=1S/C28H35N5O8/c1-32(2)16-9-15(31-17(34)10-30-12-5-6-12)22(35)19-13(16)7-11-8-14-21(33(3)4)24(37)20(27(29)40)26(39)28(14,41)25(38)18(11)23(19)36/h9,11-12,14,21,30,35-36,39,41H,5-8,10H2,1-4H3,(H2,29,40)(H,31,34)/t11?,14?,21-,28-/m0/s1. The number of aromatic hydroxyl groups is 1. The molecule has 13 nitrogen and oxygen atoms in total. The number of rotatable bonds is 7. The fraction of sp³-hybridized carbons (Fsp3) is 0.500. The molecule has 4 atom stereocenters. The van der Waals surface area contributed by atoms with E-state index in [0.29, 0.717) is 11.3 Å². The maximum absolute atomic E-state index is 14.0. The van der Waals surface area contributed by atoms with Crippen LogP contribution in [0.2, 0.25) is 0 Å². The highest BCUT2D eigenvalue weighted by Crippen LogP contribution is 2.54. The average Bonchev–Trinajstić information content (AvgIpc) is 3.70. The van der Waals surface area contributed by atoms with E-state index in [1.807, 2.05) is 0 Å². The van der Waals surface area contributed by atoms with E-state index in [4.69, 9.17) is 5.73 Å². The highest BCUT2D eigenvalue weighted by Gasteiger charge is 2.64. The highest BCUT2D eigenvalue weighted by atomic mass is 16.3. The van der Waals surface area contributed by atoms with Crippen molar-refractivity contribution in [2.45, 2.75) is 43.4 Å². The van der Waals surface area contributed by atoms with E-state index < -0.39 is 69.7 Å². The minimum atomic E-state index is -2.72. The number of likely N-dealkylation sites (N-methyl/N-ethyl adjacent to an activating group) is 1. The molecule has 2 amide bonds.